The van der Waals surface area contributed by atoms with E-state index in [2.05, 4.69) is 5.10 Å². The number of aromatic nitrogens is 2. The number of amides is 1. The molecule has 1 fully saturated rings. The summed E-state index contributed by atoms with van der Waals surface area (Å²) < 4.78 is 1.72. The Morgan fingerprint density at radius 2 is 2.14 bits per heavy atom. The summed E-state index contributed by atoms with van der Waals surface area (Å²) in [5.41, 5.74) is -0.552. The summed E-state index contributed by atoms with van der Waals surface area (Å²) in [7, 11) is 0. The highest BCUT2D eigenvalue weighted by Crippen LogP contribution is 2.20. The van der Waals surface area contributed by atoms with Gasteiger partial charge in [0, 0.05) is 25.5 Å². The molecule has 4 heteroatoms. The molecule has 0 bridgehead atoms. The van der Waals surface area contributed by atoms with Crippen LogP contribution in [-0.4, -0.2) is 33.7 Å². The van der Waals surface area contributed by atoms with Gasteiger partial charge in [0.05, 0.1) is 0 Å². The standard InChI is InChI=1S/C10H15N3O/c1-10(2,13-8-3-5-11-13)9(14)12-6-4-7-12/h3,5,8H,4,6-7H2,1-2H3. The van der Waals surface area contributed by atoms with Crippen LogP contribution in [0, 0.1) is 0 Å². The van der Waals surface area contributed by atoms with E-state index in [1.807, 2.05) is 31.0 Å². The van der Waals surface area contributed by atoms with Crippen molar-refractivity contribution >= 4 is 5.91 Å². The molecule has 1 amide bonds. The lowest BCUT2D eigenvalue weighted by molar-refractivity contribution is -0.143. The molecule has 14 heavy (non-hydrogen) atoms. The predicted molar refractivity (Wildman–Crippen MR) is 52.7 cm³/mol. The normalized spacial score (nSPS) is 16.6. The average Bonchev–Trinajstić information content (AvgIpc) is 2.52. The molecule has 4 nitrogen and oxygen atoms in total. The van der Waals surface area contributed by atoms with E-state index >= 15 is 0 Å². The minimum atomic E-state index is -0.552. The maximum Gasteiger partial charge on any atom is 0.249 e. The topological polar surface area (TPSA) is 38.1 Å². The van der Waals surface area contributed by atoms with Crippen LogP contribution in [0.4, 0.5) is 0 Å². The Morgan fingerprint density at radius 3 is 2.57 bits per heavy atom. The molecule has 76 valence electrons. The van der Waals surface area contributed by atoms with Crippen LogP contribution in [0.5, 0.6) is 0 Å². The molecule has 0 spiro atoms. The van der Waals surface area contributed by atoms with Crippen LogP contribution in [0.15, 0.2) is 18.5 Å². The van der Waals surface area contributed by atoms with Gasteiger partial charge >= 0.3 is 0 Å². The van der Waals surface area contributed by atoms with E-state index in [0.717, 1.165) is 19.5 Å². The van der Waals surface area contributed by atoms with Gasteiger partial charge in [0.2, 0.25) is 5.91 Å². The summed E-state index contributed by atoms with van der Waals surface area (Å²) in [6, 6.07) is 1.84. The molecular formula is C10H15N3O. The number of likely N-dealkylation sites (tertiary alicyclic amines) is 1. The first-order valence-corrected chi connectivity index (χ1v) is 4.92. The Labute approximate surface area is 83.5 Å². The van der Waals surface area contributed by atoms with Gasteiger partial charge in [0.15, 0.2) is 0 Å². The largest absolute Gasteiger partial charge is 0.340 e. The lowest BCUT2D eigenvalue weighted by Crippen LogP contribution is -2.52. The zero-order chi connectivity index (χ0) is 10.2. The van der Waals surface area contributed by atoms with Crippen LogP contribution >= 0.6 is 0 Å². The smallest absolute Gasteiger partial charge is 0.249 e. The molecule has 1 aliphatic heterocycles. The lowest BCUT2D eigenvalue weighted by Gasteiger charge is -2.37. The number of nitrogens with zero attached hydrogens (tertiary/aromatic N) is 3. The van der Waals surface area contributed by atoms with Crippen molar-refractivity contribution in [1.29, 1.82) is 0 Å². The van der Waals surface area contributed by atoms with E-state index in [4.69, 9.17) is 0 Å². The van der Waals surface area contributed by atoms with E-state index in [1.165, 1.54) is 0 Å². The maximum atomic E-state index is 12.0. The van der Waals surface area contributed by atoms with Crippen molar-refractivity contribution in [3.63, 3.8) is 0 Å². The summed E-state index contributed by atoms with van der Waals surface area (Å²) in [5, 5.41) is 4.12. The number of hydrogen-bond acceptors (Lipinski definition) is 2. The molecule has 0 aliphatic carbocycles. The van der Waals surface area contributed by atoms with Crippen molar-refractivity contribution < 1.29 is 4.79 Å². The quantitative estimate of drug-likeness (QED) is 0.698. The van der Waals surface area contributed by atoms with Crippen LogP contribution in [-0.2, 0) is 10.3 Å². The number of hydrogen-bond donors (Lipinski definition) is 0. The Hall–Kier alpha value is -1.32. The molecule has 1 aliphatic rings. The van der Waals surface area contributed by atoms with Crippen molar-refractivity contribution in [2.45, 2.75) is 25.8 Å². The molecule has 0 unspecified atom stereocenters. The molecule has 0 saturated carbocycles. The van der Waals surface area contributed by atoms with Gasteiger partial charge in [-0.15, -0.1) is 0 Å². The van der Waals surface area contributed by atoms with Gasteiger partial charge in [-0.05, 0) is 26.3 Å². The summed E-state index contributed by atoms with van der Waals surface area (Å²) in [6.07, 6.45) is 4.66. The third-order valence-electron chi connectivity index (χ3n) is 2.74. The summed E-state index contributed by atoms with van der Waals surface area (Å²) >= 11 is 0. The highest BCUT2D eigenvalue weighted by atomic mass is 16.2. The second-order valence-electron chi connectivity index (χ2n) is 4.16. The monoisotopic (exact) mass is 193 g/mol. The maximum absolute atomic E-state index is 12.0. The average molecular weight is 193 g/mol. The minimum absolute atomic E-state index is 0.160. The zero-order valence-electron chi connectivity index (χ0n) is 8.60. The molecule has 0 aromatic carbocycles. The molecule has 2 heterocycles. The highest BCUT2D eigenvalue weighted by Gasteiger charge is 2.36. The summed E-state index contributed by atoms with van der Waals surface area (Å²) in [5.74, 6) is 0.160. The van der Waals surface area contributed by atoms with Gasteiger partial charge in [0.1, 0.15) is 5.54 Å². The lowest BCUT2D eigenvalue weighted by atomic mass is 10.0. The first kappa shape index (κ1) is 9.24. The predicted octanol–water partition coefficient (Wildman–Crippen LogP) is 0.851. The molecule has 1 aromatic rings. The van der Waals surface area contributed by atoms with Crippen LogP contribution in [0.1, 0.15) is 20.3 Å². The zero-order valence-corrected chi connectivity index (χ0v) is 8.60. The van der Waals surface area contributed by atoms with Crippen molar-refractivity contribution in [3.8, 4) is 0 Å². The molecule has 0 radical (unpaired) electrons. The van der Waals surface area contributed by atoms with Gasteiger partial charge in [-0.3, -0.25) is 9.48 Å². The third-order valence-corrected chi connectivity index (χ3v) is 2.74. The van der Waals surface area contributed by atoms with E-state index in [-0.39, 0.29) is 5.91 Å². The van der Waals surface area contributed by atoms with Gasteiger partial charge in [-0.2, -0.15) is 5.10 Å². The molecule has 1 aromatic heterocycles. The van der Waals surface area contributed by atoms with Crippen LogP contribution in [0.25, 0.3) is 0 Å². The number of carbonyl (C=O) groups is 1. The number of carbonyl (C=O) groups excluding carboxylic acids is 1. The van der Waals surface area contributed by atoms with Crippen LogP contribution < -0.4 is 0 Å². The second-order valence-corrected chi connectivity index (χ2v) is 4.16. The minimum Gasteiger partial charge on any atom is -0.340 e. The Morgan fingerprint density at radius 1 is 1.43 bits per heavy atom. The van der Waals surface area contributed by atoms with E-state index in [9.17, 15) is 4.79 Å². The van der Waals surface area contributed by atoms with E-state index in [1.54, 1.807) is 10.9 Å². The SMILES string of the molecule is CC(C)(C(=O)N1CCC1)n1cccn1. The van der Waals surface area contributed by atoms with E-state index in [0.29, 0.717) is 0 Å². The number of rotatable bonds is 2. The highest BCUT2D eigenvalue weighted by molar-refractivity contribution is 5.84. The third kappa shape index (κ3) is 1.31. The van der Waals surface area contributed by atoms with Gasteiger partial charge in [-0.25, -0.2) is 0 Å². The Bertz CT molecular complexity index is 325. The van der Waals surface area contributed by atoms with Gasteiger partial charge in [0.25, 0.3) is 0 Å². The van der Waals surface area contributed by atoms with Gasteiger partial charge in [-0.1, -0.05) is 0 Å². The van der Waals surface area contributed by atoms with Crippen LogP contribution in [0.2, 0.25) is 0 Å². The van der Waals surface area contributed by atoms with Crippen molar-refractivity contribution in [2.24, 2.45) is 0 Å². The molecule has 0 N–H and O–H groups in total. The Kier molecular flexibility index (Phi) is 2.06. The molecule has 1 saturated heterocycles. The molecule has 0 atom stereocenters. The van der Waals surface area contributed by atoms with Crippen molar-refractivity contribution in [3.05, 3.63) is 18.5 Å². The first-order valence-electron chi connectivity index (χ1n) is 4.92. The van der Waals surface area contributed by atoms with Crippen LogP contribution in [0.3, 0.4) is 0 Å². The van der Waals surface area contributed by atoms with Gasteiger partial charge < -0.3 is 4.90 Å². The fraction of sp³-hybridized carbons (Fsp3) is 0.600. The van der Waals surface area contributed by atoms with Crippen molar-refractivity contribution in [1.82, 2.24) is 14.7 Å². The first-order chi connectivity index (χ1) is 6.62. The summed E-state index contributed by atoms with van der Waals surface area (Å²) in [6.45, 7) is 5.59. The van der Waals surface area contributed by atoms with E-state index < -0.39 is 5.54 Å². The Balaban J connectivity index is 2.18. The second kappa shape index (κ2) is 3.12. The fourth-order valence-electron chi connectivity index (χ4n) is 1.60. The molecular weight excluding hydrogens is 178 g/mol. The molecule has 2 rings (SSSR count). The summed E-state index contributed by atoms with van der Waals surface area (Å²) in [4.78, 5) is 13.9. The fourth-order valence-corrected chi connectivity index (χ4v) is 1.60. The van der Waals surface area contributed by atoms with Crippen molar-refractivity contribution in [2.75, 3.05) is 13.1 Å².